The molecule has 28 heavy (non-hydrogen) atoms. The van der Waals surface area contributed by atoms with Gasteiger partial charge in [-0.15, -0.1) is 0 Å². The summed E-state index contributed by atoms with van der Waals surface area (Å²) in [5.41, 5.74) is 1.26. The molecule has 0 bridgehead atoms. The first-order valence-corrected chi connectivity index (χ1v) is 10.9. The average molecular weight is 411 g/mol. The molecule has 7 nitrogen and oxygen atoms in total. The van der Waals surface area contributed by atoms with Gasteiger partial charge in [0.2, 0.25) is 5.91 Å². The van der Waals surface area contributed by atoms with E-state index < -0.39 is 0 Å². The van der Waals surface area contributed by atoms with Crippen LogP contribution in [0.3, 0.4) is 0 Å². The fraction of sp³-hybridized carbons (Fsp3) is 0.700. The van der Waals surface area contributed by atoms with Gasteiger partial charge in [-0.25, -0.2) is 0 Å². The molecule has 3 heterocycles. The number of aliphatic hydroxyl groups is 1. The lowest BCUT2D eigenvalue weighted by Crippen LogP contribution is -2.53. The Balaban J connectivity index is 0.000000706. The van der Waals surface area contributed by atoms with Gasteiger partial charge in [-0.05, 0) is 53.5 Å². The van der Waals surface area contributed by atoms with Gasteiger partial charge in [0.15, 0.2) is 0 Å². The largest absolute Gasteiger partial charge is 0.483 e. The van der Waals surface area contributed by atoms with Gasteiger partial charge in [-0.2, -0.15) is 11.3 Å². The first-order valence-electron chi connectivity index (χ1n) is 9.99. The van der Waals surface area contributed by atoms with Crippen molar-refractivity contribution in [1.29, 1.82) is 0 Å². The lowest BCUT2D eigenvalue weighted by molar-refractivity contribution is -0.130. The number of rotatable bonds is 4. The Bertz CT molecular complexity index is 620. The first kappa shape index (κ1) is 21.2. The molecule has 1 aliphatic carbocycles. The van der Waals surface area contributed by atoms with E-state index in [4.69, 9.17) is 14.6 Å². The number of thiophene rings is 1. The molecule has 2 N–H and O–H groups in total. The Morgan fingerprint density at radius 1 is 1.25 bits per heavy atom. The zero-order chi connectivity index (χ0) is 19.9. The number of hydrogen-bond donors (Lipinski definition) is 2. The van der Waals surface area contributed by atoms with Crippen LogP contribution in [0.2, 0.25) is 0 Å². The quantitative estimate of drug-likeness (QED) is 0.728. The van der Waals surface area contributed by atoms with Gasteiger partial charge < -0.3 is 19.8 Å². The van der Waals surface area contributed by atoms with E-state index in [1.54, 1.807) is 11.3 Å². The molecule has 2 saturated heterocycles. The third kappa shape index (κ3) is 5.31. The summed E-state index contributed by atoms with van der Waals surface area (Å²) in [7, 11) is 0. The normalized spacial score (nSPS) is 30.2. The number of carbonyl (C=O) groups is 2. The molecule has 1 aromatic heterocycles. The van der Waals surface area contributed by atoms with Crippen LogP contribution in [0.25, 0.3) is 0 Å². The van der Waals surface area contributed by atoms with Crippen LogP contribution in [-0.4, -0.2) is 83.9 Å². The van der Waals surface area contributed by atoms with Gasteiger partial charge in [0.05, 0.1) is 19.3 Å². The summed E-state index contributed by atoms with van der Waals surface area (Å²) in [6.07, 6.45) is 3.03. The highest BCUT2D eigenvalue weighted by molar-refractivity contribution is 7.07. The van der Waals surface area contributed by atoms with Gasteiger partial charge in [-0.3, -0.25) is 14.5 Å². The van der Waals surface area contributed by atoms with Crippen molar-refractivity contribution in [3.63, 3.8) is 0 Å². The Labute approximate surface area is 169 Å². The number of amides is 1. The van der Waals surface area contributed by atoms with Gasteiger partial charge in [-0.1, -0.05) is 0 Å². The standard InChI is InChI=1S/C19H28N2O3S.CH2O2/c22-18-10-16-12-21(19(23)2-1-14-3-8-25-13-14)11-15(16)9-17(18)20-4-6-24-7-5-20;2-1-3/h3,8,13,15-18,22H,1-2,4-7,9-12H2;1H,(H,2,3)/t15-,16+,17-,18-;/m1./s1. The Kier molecular flexibility index (Phi) is 7.84. The number of fused-ring (bicyclic) bond motifs is 1. The molecule has 1 amide bonds. The van der Waals surface area contributed by atoms with Crippen LogP contribution >= 0.6 is 11.3 Å². The fourth-order valence-electron chi connectivity index (χ4n) is 4.76. The maximum atomic E-state index is 12.6. The maximum absolute atomic E-state index is 12.6. The van der Waals surface area contributed by atoms with Crippen molar-refractivity contribution in [1.82, 2.24) is 9.80 Å². The highest BCUT2D eigenvalue weighted by Crippen LogP contribution is 2.38. The van der Waals surface area contributed by atoms with Crippen LogP contribution in [0.15, 0.2) is 16.8 Å². The Morgan fingerprint density at radius 3 is 2.57 bits per heavy atom. The van der Waals surface area contributed by atoms with E-state index in [0.717, 1.165) is 58.7 Å². The van der Waals surface area contributed by atoms with Gasteiger partial charge >= 0.3 is 0 Å². The number of carbonyl (C=O) groups excluding carboxylic acids is 1. The molecular formula is C20H30N2O5S. The second kappa shape index (κ2) is 10.3. The molecule has 0 unspecified atom stereocenters. The lowest BCUT2D eigenvalue weighted by atomic mass is 9.77. The van der Waals surface area contributed by atoms with Gasteiger partial charge in [0.25, 0.3) is 6.47 Å². The van der Waals surface area contributed by atoms with E-state index >= 15 is 0 Å². The minimum Gasteiger partial charge on any atom is -0.483 e. The third-order valence-corrected chi connectivity index (χ3v) is 6.92. The van der Waals surface area contributed by atoms with Crippen LogP contribution in [0.5, 0.6) is 0 Å². The number of nitrogens with zero attached hydrogens (tertiary/aromatic N) is 2. The topological polar surface area (TPSA) is 90.3 Å². The fourth-order valence-corrected chi connectivity index (χ4v) is 5.46. The summed E-state index contributed by atoms with van der Waals surface area (Å²) >= 11 is 1.69. The second-order valence-corrected chi connectivity index (χ2v) is 8.59. The molecule has 3 fully saturated rings. The molecule has 0 radical (unpaired) electrons. The number of morpholine rings is 1. The van der Waals surface area contributed by atoms with E-state index in [1.165, 1.54) is 5.56 Å². The summed E-state index contributed by atoms with van der Waals surface area (Å²) < 4.78 is 5.44. The second-order valence-electron chi connectivity index (χ2n) is 7.81. The van der Waals surface area contributed by atoms with Gasteiger partial charge in [0.1, 0.15) is 0 Å². The minimum absolute atomic E-state index is 0.242. The van der Waals surface area contributed by atoms with Crippen LogP contribution in [0.1, 0.15) is 24.8 Å². The molecule has 1 saturated carbocycles. The SMILES string of the molecule is O=C(CCc1ccsc1)N1C[C@H]2C[C@@H](N3CCOCC3)[C@H](O)C[C@H]2C1.O=CO. The highest BCUT2D eigenvalue weighted by atomic mass is 32.1. The van der Waals surface area contributed by atoms with Crippen molar-refractivity contribution in [2.45, 2.75) is 37.8 Å². The Hall–Kier alpha value is -1.48. The Morgan fingerprint density at radius 2 is 1.93 bits per heavy atom. The number of aryl methyl sites for hydroxylation is 1. The van der Waals surface area contributed by atoms with Crippen LogP contribution in [0, 0.1) is 11.8 Å². The van der Waals surface area contributed by atoms with Crippen molar-refractivity contribution in [3.05, 3.63) is 22.4 Å². The molecule has 2 aliphatic heterocycles. The van der Waals surface area contributed by atoms with E-state index in [0.29, 0.717) is 18.3 Å². The number of hydrogen-bond acceptors (Lipinski definition) is 6. The van der Waals surface area contributed by atoms with E-state index in [9.17, 15) is 9.90 Å². The number of aliphatic hydroxyl groups excluding tert-OH is 1. The minimum atomic E-state index is -0.264. The number of likely N-dealkylation sites (tertiary alicyclic amines) is 1. The van der Waals surface area contributed by atoms with Crippen molar-refractivity contribution < 1.29 is 24.5 Å². The van der Waals surface area contributed by atoms with Crippen molar-refractivity contribution in [2.24, 2.45) is 11.8 Å². The lowest BCUT2D eigenvalue weighted by Gasteiger charge is -2.43. The van der Waals surface area contributed by atoms with E-state index in [1.807, 2.05) is 0 Å². The van der Waals surface area contributed by atoms with Crippen LogP contribution in [-0.2, 0) is 20.7 Å². The highest BCUT2D eigenvalue weighted by Gasteiger charge is 2.44. The van der Waals surface area contributed by atoms with E-state index in [2.05, 4.69) is 26.6 Å². The molecule has 8 heteroatoms. The van der Waals surface area contributed by atoms with Crippen molar-refractivity contribution >= 4 is 23.7 Å². The summed E-state index contributed by atoms with van der Waals surface area (Å²) in [5, 5.41) is 21.7. The first-order chi connectivity index (χ1) is 13.6. The molecule has 4 atom stereocenters. The summed E-state index contributed by atoms with van der Waals surface area (Å²) in [5.74, 6) is 1.29. The maximum Gasteiger partial charge on any atom is 0.290 e. The summed E-state index contributed by atoms with van der Waals surface area (Å²) in [4.78, 5) is 25.4. The predicted molar refractivity (Wildman–Crippen MR) is 106 cm³/mol. The third-order valence-electron chi connectivity index (χ3n) is 6.18. The smallest absolute Gasteiger partial charge is 0.290 e. The molecular weight excluding hydrogens is 380 g/mol. The predicted octanol–water partition coefficient (Wildman–Crippen LogP) is 1.31. The molecule has 0 aromatic carbocycles. The molecule has 1 aromatic rings. The van der Waals surface area contributed by atoms with Crippen molar-refractivity contribution in [3.8, 4) is 0 Å². The van der Waals surface area contributed by atoms with E-state index in [-0.39, 0.29) is 24.5 Å². The molecule has 4 rings (SSSR count). The molecule has 0 spiro atoms. The number of carboxylic acid groups (broad SMARTS) is 1. The molecule has 156 valence electrons. The zero-order valence-corrected chi connectivity index (χ0v) is 16.9. The summed E-state index contributed by atoms with van der Waals surface area (Å²) in [6.45, 7) is 4.83. The average Bonchev–Trinajstić information content (AvgIpc) is 3.36. The van der Waals surface area contributed by atoms with Gasteiger partial charge in [0, 0.05) is 38.6 Å². The zero-order valence-electron chi connectivity index (χ0n) is 16.1. The monoisotopic (exact) mass is 410 g/mol. The number of ether oxygens (including phenoxy) is 1. The van der Waals surface area contributed by atoms with Crippen LogP contribution in [0.4, 0.5) is 0 Å². The summed E-state index contributed by atoms with van der Waals surface area (Å²) in [6, 6.07) is 2.34. The van der Waals surface area contributed by atoms with Crippen molar-refractivity contribution in [2.75, 3.05) is 39.4 Å². The van der Waals surface area contributed by atoms with Crippen LogP contribution < -0.4 is 0 Å². The molecule has 3 aliphatic rings.